The van der Waals surface area contributed by atoms with E-state index in [2.05, 4.69) is 0 Å². The summed E-state index contributed by atoms with van der Waals surface area (Å²) in [4.78, 5) is 10.9. The van der Waals surface area contributed by atoms with Crippen molar-refractivity contribution >= 4 is 5.97 Å². The summed E-state index contributed by atoms with van der Waals surface area (Å²) in [5, 5.41) is 0. The molecule has 5 unspecified atom stereocenters. The predicted octanol–water partition coefficient (Wildman–Crippen LogP) is 0.637. The molecule has 78 valence electrons. The fraction of sp³-hybridized carbons (Fsp3) is 0.900. The van der Waals surface area contributed by atoms with Crippen LogP contribution >= 0.6 is 0 Å². The van der Waals surface area contributed by atoms with Crippen molar-refractivity contribution in [1.29, 1.82) is 0 Å². The van der Waals surface area contributed by atoms with E-state index in [1.54, 1.807) is 0 Å². The van der Waals surface area contributed by atoms with Crippen LogP contribution < -0.4 is 0 Å². The van der Waals surface area contributed by atoms with E-state index in [1.807, 2.05) is 0 Å². The van der Waals surface area contributed by atoms with Gasteiger partial charge in [0.05, 0.1) is 18.3 Å². The first-order valence-electron chi connectivity index (χ1n) is 5.22. The van der Waals surface area contributed by atoms with Crippen molar-refractivity contribution in [3.8, 4) is 0 Å². The summed E-state index contributed by atoms with van der Waals surface area (Å²) in [5.74, 6) is -0.212. The molecule has 0 aromatic heterocycles. The third-order valence-electron chi connectivity index (χ3n) is 3.27. The molecule has 4 heteroatoms. The number of fused-ring (bicyclic) bond motifs is 4. The van der Waals surface area contributed by atoms with Gasteiger partial charge in [0.15, 0.2) is 0 Å². The third kappa shape index (κ3) is 1.33. The Balaban J connectivity index is 1.68. The van der Waals surface area contributed by atoms with Crippen LogP contribution in [0.25, 0.3) is 0 Å². The van der Waals surface area contributed by atoms with Crippen LogP contribution in [0.15, 0.2) is 0 Å². The maximum absolute atomic E-state index is 10.9. The molecule has 0 saturated carbocycles. The van der Waals surface area contributed by atoms with Gasteiger partial charge in [0, 0.05) is 13.3 Å². The quantitative estimate of drug-likeness (QED) is 0.458. The summed E-state index contributed by atoms with van der Waals surface area (Å²) in [7, 11) is 0. The number of epoxide rings is 1. The second-order valence-corrected chi connectivity index (χ2v) is 4.31. The Morgan fingerprint density at radius 3 is 2.86 bits per heavy atom. The van der Waals surface area contributed by atoms with Crippen molar-refractivity contribution in [3.63, 3.8) is 0 Å². The Morgan fingerprint density at radius 1 is 1.21 bits per heavy atom. The summed E-state index contributed by atoms with van der Waals surface area (Å²) < 4.78 is 16.5. The normalized spacial score (nSPS) is 49.4. The van der Waals surface area contributed by atoms with Gasteiger partial charge < -0.3 is 14.2 Å². The van der Waals surface area contributed by atoms with Crippen LogP contribution in [0, 0.1) is 0 Å². The van der Waals surface area contributed by atoms with Gasteiger partial charge in [0.2, 0.25) is 0 Å². The molecule has 4 nitrogen and oxygen atoms in total. The van der Waals surface area contributed by atoms with Crippen molar-refractivity contribution in [2.24, 2.45) is 0 Å². The molecule has 3 saturated heterocycles. The molecular weight excluding hydrogens is 184 g/mol. The van der Waals surface area contributed by atoms with Crippen molar-refractivity contribution in [3.05, 3.63) is 0 Å². The highest BCUT2D eigenvalue weighted by Crippen LogP contribution is 2.43. The van der Waals surface area contributed by atoms with Gasteiger partial charge in [0.25, 0.3) is 0 Å². The lowest BCUT2D eigenvalue weighted by atomic mass is 9.90. The molecule has 0 spiro atoms. The van der Waals surface area contributed by atoms with Gasteiger partial charge in [-0.25, -0.2) is 0 Å². The van der Waals surface area contributed by atoms with Gasteiger partial charge >= 0.3 is 5.97 Å². The van der Waals surface area contributed by atoms with Gasteiger partial charge in [-0.15, -0.1) is 0 Å². The Kier molecular flexibility index (Phi) is 1.82. The SMILES string of the molecule is CC(=O)OC1CCC2OC1CC1OC21. The minimum atomic E-state index is -0.212. The largest absolute Gasteiger partial charge is 0.460 e. The van der Waals surface area contributed by atoms with Crippen LogP contribution in [-0.4, -0.2) is 36.5 Å². The number of carbonyl (C=O) groups is 1. The van der Waals surface area contributed by atoms with Crippen molar-refractivity contribution in [2.75, 3.05) is 0 Å². The van der Waals surface area contributed by atoms with E-state index in [0.717, 1.165) is 19.3 Å². The maximum Gasteiger partial charge on any atom is 0.302 e. The number of hydrogen-bond donors (Lipinski definition) is 0. The molecule has 3 aliphatic rings. The molecule has 0 N–H and O–H groups in total. The molecule has 0 radical (unpaired) electrons. The number of esters is 1. The topological polar surface area (TPSA) is 48.1 Å². The summed E-state index contributed by atoms with van der Waals surface area (Å²) >= 11 is 0. The number of ether oxygens (including phenoxy) is 3. The highest BCUT2D eigenvalue weighted by atomic mass is 16.6. The number of hydrogen-bond acceptors (Lipinski definition) is 4. The van der Waals surface area contributed by atoms with Crippen LogP contribution in [-0.2, 0) is 19.0 Å². The van der Waals surface area contributed by atoms with Gasteiger partial charge in [-0.1, -0.05) is 0 Å². The molecule has 0 aromatic carbocycles. The molecule has 2 bridgehead atoms. The fourth-order valence-electron chi connectivity index (χ4n) is 2.59. The lowest BCUT2D eigenvalue weighted by molar-refractivity contribution is -0.174. The van der Waals surface area contributed by atoms with E-state index >= 15 is 0 Å². The number of rotatable bonds is 1. The molecule has 3 fully saturated rings. The summed E-state index contributed by atoms with van der Waals surface area (Å²) in [6.07, 6.45) is 3.75. The average molecular weight is 198 g/mol. The van der Waals surface area contributed by atoms with Crippen LogP contribution in [0.2, 0.25) is 0 Å². The monoisotopic (exact) mass is 198 g/mol. The molecule has 0 aromatic rings. The Bertz CT molecular complexity index is 265. The van der Waals surface area contributed by atoms with E-state index in [4.69, 9.17) is 14.2 Å². The molecule has 14 heavy (non-hydrogen) atoms. The first kappa shape index (κ1) is 8.68. The summed E-state index contributed by atoms with van der Waals surface area (Å²) in [5.41, 5.74) is 0. The Labute approximate surface area is 82.5 Å². The molecule has 3 rings (SSSR count). The highest BCUT2D eigenvalue weighted by molar-refractivity contribution is 5.66. The van der Waals surface area contributed by atoms with Crippen molar-refractivity contribution < 1.29 is 19.0 Å². The highest BCUT2D eigenvalue weighted by Gasteiger charge is 2.55. The zero-order chi connectivity index (χ0) is 9.71. The Morgan fingerprint density at radius 2 is 2.07 bits per heavy atom. The second-order valence-electron chi connectivity index (χ2n) is 4.31. The van der Waals surface area contributed by atoms with Crippen LogP contribution in [0.3, 0.4) is 0 Å². The van der Waals surface area contributed by atoms with Gasteiger partial charge in [-0.3, -0.25) is 4.79 Å². The van der Waals surface area contributed by atoms with Crippen molar-refractivity contribution in [1.82, 2.24) is 0 Å². The number of carbonyl (C=O) groups excluding carboxylic acids is 1. The second kappa shape index (κ2) is 2.94. The van der Waals surface area contributed by atoms with E-state index in [1.165, 1.54) is 6.92 Å². The fourth-order valence-corrected chi connectivity index (χ4v) is 2.59. The summed E-state index contributed by atoms with van der Waals surface area (Å²) in [6, 6.07) is 0. The van der Waals surface area contributed by atoms with Crippen LogP contribution in [0.4, 0.5) is 0 Å². The van der Waals surface area contributed by atoms with E-state index in [9.17, 15) is 4.79 Å². The Hall–Kier alpha value is -0.610. The average Bonchev–Trinajstić information content (AvgIpc) is 2.88. The predicted molar refractivity (Wildman–Crippen MR) is 46.7 cm³/mol. The first-order valence-corrected chi connectivity index (χ1v) is 5.22. The minimum Gasteiger partial charge on any atom is -0.460 e. The summed E-state index contributed by atoms with van der Waals surface area (Å²) in [6.45, 7) is 1.45. The van der Waals surface area contributed by atoms with E-state index in [0.29, 0.717) is 12.2 Å². The zero-order valence-corrected chi connectivity index (χ0v) is 8.14. The molecule has 3 aliphatic heterocycles. The maximum atomic E-state index is 10.9. The molecule has 5 atom stereocenters. The third-order valence-corrected chi connectivity index (χ3v) is 3.27. The van der Waals surface area contributed by atoms with E-state index in [-0.39, 0.29) is 24.3 Å². The minimum absolute atomic E-state index is 0.0473. The lowest BCUT2D eigenvalue weighted by Crippen LogP contribution is -2.47. The standard InChI is InChI=1S/C10H14O4/c1-5(11)12-6-2-3-7-10-9(14-10)4-8(6)13-7/h6-10H,2-4H2,1H3. The molecule has 0 aliphatic carbocycles. The van der Waals surface area contributed by atoms with Crippen molar-refractivity contribution in [2.45, 2.75) is 56.7 Å². The van der Waals surface area contributed by atoms with Gasteiger partial charge in [-0.05, 0) is 12.8 Å². The molecular formula is C10H14O4. The lowest BCUT2D eigenvalue weighted by Gasteiger charge is -2.37. The smallest absolute Gasteiger partial charge is 0.302 e. The van der Waals surface area contributed by atoms with Gasteiger partial charge in [0.1, 0.15) is 12.2 Å². The molecule has 0 amide bonds. The van der Waals surface area contributed by atoms with E-state index < -0.39 is 0 Å². The van der Waals surface area contributed by atoms with Gasteiger partial charge in [-0.2, -0.15) is 0 Å². The molecule has 3 heterocycles. The van der Waals surface area contributed by atoms with Crippen LogP contribution in [0.1, 0.15) is 26.2 Å². The van der Waals surface area contributed by atoms with Crippen LogP contribution in [0.5, 0.6) is 0 Å². The zero-order valence-electron chi connectivity index (χ0n) is 8.14. The first-order chi connectivity index (χ1) is 6.74.